The van der Waals surface area contributed by atoms with Crippen molar-refractivity contribution in [1.82, 2.24) is 9.55 Å². The molecule has 21 heavy (non-hydrogen) atoms. The van der Waals surface area contributed by atoms with Gasteiger partial charge in [-0.1, -0.05) is 22.0 Å². The first kappa shape index (κ1) is 14.1. The molecule has 3 nitrogen and oxygen atoms in total. The lowest BCUT2D eigenvalue weighted by Gasteiger charge is -2.09. The minimum absolute atomic E-state index is 0.286. The number of hydrogen-bond donors (Lipinski definition) is 0. The van der Waals surface area contributed by atoms with Crippen LogP contribution in [0.1, 0.15) is 17.0 Å². The number of benzene rings is 2. The van der Waals surface area contributed by atoms with Crippen LogP contribution in [-0.2, 0) is 5.88 Å². The Labute approximate surface area is 135 Å². The van der Waals surface area contributed by atoms with Gasteiger partial charge in [-0.25, -0.2) is 4.98 Å². The summed E-state index contributed by atoms with van der Waals surface area (Å²) < 4.78 is 3.06. The van der Waals surface area contributed by atoms with E-state index in [4.69, 9.17) is 11.6 Å². The second-order valence-electron chi connectivity index (χ2n) is 4.72. The van der Waals surface area contributed by atoms with E-state index in [1.807, 2.05) is 35.8 Å². The summed E-state index contributed by atoms with van der Waals surface area (Å²) in [5.74, 6) is 1.02. The zero-order valence-corrected chi connectivity index (χ0v) is 13.6. The maximum Gasteiger partial charge on any atom is 0.129 e. The Kier molecular flexibility index (Phi) is 3.71. The minimum atomic E-state index is 0.286. The van der Waals surface area contributed by atoms with Crippen LogP contribution in [0.5, 0.6) is 0 Å². The molecular weight excluding hydrogens is 350 g/mol. The molecule has 2 aromatic carbocycles. The van der Waals surface area contributed by atoms with Crippen molar-refractivity contribution in [3.8, 4) is 11.8 Å². The maximum absolute atomic E-state index is 9.22. The predicted octanol–water partition coefficient (Wildman–Crippen LogP) is 4.71. The molecule has 0 N–H and O–H groups in total. The summed E-state index contributed by atoms with van der Waals surface area (Å²) in [5.41, 5.74) is 4.27. The van der Waals surface area contributed by atoms with Gasteiger partial charge in [-0.3, -0.25) is 4.57 Å². The van der Waals surface area contributed by atoms with Gasteiger partial charge in [0.05, 0.1) is 17.0 Å². The standard InChI is InChI=1S/C16H11BrClN3/c1-10-7-12(5-6-13(10)17)21-14-4-2-3-11(9-19)16(14)20-15(21)8-18/h2-7H,8H2,1H3. The SMILES string of the molecule is Cc1cc(-n2c(CCl)nc3c(C#N)cccc32)ccc1Br. The van der Waals surface area contributed by atoms with Gasteiger partial charge in [-0.05, 0) is 42.8 Å². The average Bonchev–Trinajstić information content (AvgIpc) is 2.88. The molecule has 0 amide bonds. The highest BCUT2D eigenvalue weighted by Gasteiger charge is 2.14. The second kappa shape index (κ2) is 5.51. The zero-order valence-electron chi connectivity index (χ0n) is 11.3. The zero-order chi connectivity index (χ0) is 15.0. The van der Waals surface area contributed by atoms with Crippen molar-refractivity contribution < 1.29 is 0 Å². The van der Waals surface area contributed by atoms with Gasteiger partial charge in [0.25, 0.3) is 0 Å². The molecule has 104 valence electrons. The van der Waals surface area contributed by atoms with Crippen LogP contribution in [0.4, 0.5) is 0 Å². The molecule has 0 saturated carbocycles. The van der Waals surface area contributed by atoms with Crippen LogP contribution >= 0.6 is 27.5 Å². The number of hydrogen-bond acceptors (Lipinski definition) is 2. The third kappa shape index (κ3) is 2.33. The molecule has 5 heteroatoms. The number of rotatable bonds is 2. The van der Waals surface area contributed by atoms with Gasteiger partial charge in [0.2, 0.25) is 0 Å². The summed E-state index contributed by atoms with van der Waals surface area (Å²) in [4.78, 5) is 4.53. The van der Waals surface area contributed by atoms with Crippen molar-refractivity contribution in [3.63, 3.8) is 0 Å². The lowest BCUT2D eigenvalue weighted by molar-refractivity contribution is 0.979. The van der Waals surface area contributed by atoms with Gasteiger partial charge in [0, 0.05) is 10.2 Å². The number of nitriles is 1. The molecule has 0 radical (unpaired) electrons. The predicted molar refractivity (Wildman–Crippen MR) is 87.8 cm³/mol. The van der Waals surface area contributed by atoms with E-state index >= 15 is 0 Å². The molecule has 1 aromatic heterocycles. The molecule has 0 aliphatic heterocycles. The summed E-state index contributed by atoms with van der Waals surface area (Å²) in [6.07, 6.45) is 0. The molecule has 1 heterocycles. The number of halogens is 2. The summed E-state index contributed by atoms with van der Waals surface area (Å²) >= 11 is 9.55. The van der Waals surface area contributed by atoms with Gasteiger partial charge >= 0.3 is 0 Å². The lowest BCUT2D eigenvalue weighted by Crippen LogP contribution is -1.99. The number of aromatic nitrogens is 2. The average molecular weight is 361 g/mol. The first-order chi connectivity index (χ1) is 10.2. The Morgan fingerprint density at radius 3 is 2.81 bits per heavy atom. The second-order valence-corrected chi connectivity index (χ2v) is 5.84. The Bertz CT molecular complexity index is 877. The van der Waals surface area contributed by atoms with Crippen molar-refractivity contribution in [3.05, 3.63) is 57.8 Å². The van der Waals surface area contributed by atoms with E-state index in [-0.39, 0.29) is 5.88 Å². The van der Waals surface area contributed by atoms with Crippen LogP contribution in [0, 0.1) is 18.3 Å². The van der Waals surface area contributed by atoms with Gasteiger partial charge in [-0.15, -0.1) is 11.6 Å². The molecule has 0 saturated heterocycles. The smallest absolute Gasteiger partial charge is 0.129 e. The fourth-order valence-corrected chi connectivity index (χ4v) is 2.81. The Hall–Kier alpha value is -1.83. The van der Waals surface area contributed by atoms with E-state index in [1.54, 1.807) is 6.07 Å². The molecule has 3 aromatic rings. The fourth-order valence-electron chi connectivity index (χ4n) is 2.38. The van der Waals surface area contributed by atoms with Crippen LogP contribution in [0.3, 0.4) is 0 Å². The lowest BCUT2D eigenvalue weighted by atomic mass is 10.2. The number of fused-ring (bicyclic) bond motifs is 1. The monoisotopic (exact) mass is 359 g/mol. The van der Waals surface area contributed by atoms with E-state index < -0.39 is 0 Å². The molecule has 0 aliphatic carbocycles. The van der Waals surface area contributed by atoms with Gasteiger partial charge in [-0.2, -0.15) is 5.26 Å². The number of aryl methyl sites for hydroxylation is 1. The fraction of sp³-hybridized carbons (Fsp3) is 0.125. The summed E-state index contributed by atoms with van der Waals surface area (Å²) in [7, 11) is 0. The van der Waals surface area contributed by atoms with Crippen molar-refractivity contribution in [2.75, 3.05) is 0 Å². The summed E-state index contributed by atoms with van der Waals surface area (Å²) in [6, 6.07) is 13.8. The van der Waals surface area contributed by atoms with E-state index in [2.05, 4.69) is 33.0 Å². The molecule has 0 fully saturated rings. The van der Waals surface area contributed by atoms with Gasteiger partial charge in [0.1, 0.15) is 17.4 Å². The number of nitrogens with zero attached hydrogens (tertiary/aromatic N) is 3. The van der Waals surface area contributed by atoms with Crippen LogP contribution in [-0.4, -0.2) is 9.55 Å². The third-order valence-corrected chi connectivity index (χ3v) is 4.52. The van der Waals surface area contributed by atoms with Crippen LogP contribution in [0.2, 0.25) is 0 Å². The van der Waals surface area contributed by atoms with Crippen molar-refractivity contribution in [2.45, 2.75) is 12.8 Å². The maximum atomic E-state index is 9.22. The summed E-state index contributed by atoms with van der Waals surface area (Å²) in [5, 5.41) is 9.22. The molecule has 0 aliphatic rings. The van der Waals surface area contributed by atoms with E-state index in [0.29, 0.717) is 11.1 Å². The molecule has 0 bridgehead atoms. The molecule has 0 unspecified atom stereocenters. The quantitative estimate of drug-likeness (QED) is 0.621. The van der Waals surface area contributed by atoms with E-state index in [0.717, 1.165) is 27.1 Å². The Morgan fingerprint density at radius 1 is 1.33 bits per heavy atom. The van der Waals surface area contributed by atoms with Gasteiger partial charge < -0.3 is 0 Å². The largest absolute Gasteiger partial charge is 0.295 e. The van der Waals surface area contributed by atoms with Crippen molar-refractivity contribution in [1.29, 1.82) is 5.26 Å². The van der Waals surface area contributed by atoms with Crippen molar-refractivity contribution >= 4 is 38.6 Å². The highest BCUT2D eigenvalue weighted by Crippen LogP contribution is 2.27. The van der Waals surface area contributed by atoms with E-state index in [9.17, 15) is 5.26 Å². The highest BCUT2D eigenvalue weighted by atomic mass is 79.9. The van der Waals surface area contributed by atoms with Crippen molar-refractivity contribution in [2.24, 2.45) is 0 Å². The van der Waals surface area contributed by atoms with Crippen LogP contribution < -0.4 is 0 Å². The topological polar surface area (TPSA) is 41.6 Å². The van der Waals surface area contributed by atoms with E-state index in [1.165, 1.54) is 0 Å². The first-order valence-electron chi connectivity index (χ1n) is 6.38. The Morgan fingerprint density at radius 2 is 2.14 bits per heavy atom. The van der Waals surface area contributed by atoms with Crippen LogP contribution in [0.15, 0.2) is 40.9 Å². The Balaban J connectivity index is 2.35. The normalized spacial score (nSPS) is 10.8. The third-order valence-electron chi connectivity index (χ3n) is 3.39. The molecule has 3 rings (SSSR count). The first-order valence-corrected chi connectivity index (χ1v) is 7.71. The minimum Gasteiger partial charge on any atom is -0.295 e. The number of para-hydroxylation sites is 1. The van der Waals surface area contributed by atoms with Crippen LogP contribution in [0.25, 0.3) is 16.7 Å². The molecular formula is C16H11BrClN3. The van der Waals surface area contributed by atoms with Gasteiger partial charge in [0.15, 0.2) is 0 Å². The number of imidazole rings is 1. The molecule has 0 spiro atoms. The number of alkyl halides is 1. The highest BCUT2D eigenvalue weighted by molar-refractivity contribution is 9.10. The molecule has 0 atom stereocenters. The summed E-state index contributed by atoms with van der Waals surface area (Å²) in [6.45, 7) is 2.04.